The normalized spacial score (nSPS) is 15.1. The molecule has 2 aromatic heterocycles. The van der Waals surface area contributed by atoms with Crippen LogP contribution in [-0.2, 0) is 11.3 Å². The lowest BCUT2D eigenvalue weighted by atomic mass is 10.1. The van der Waals surface area contributed by atoms with Crippen molar-refractivity contribution in [1.82, 2.24) is 14.2 Å². The van der Waals surface area contributed by atoms with E-state index in [0.29, 0.717) is 35.7 Å². The molecule has 32 heavy (non-hydrogen) atoms. The van der Waals surface area contributed by atoms with Gasteiger partial charge in [-0.1, -0.05) is 12.1 Å². The summed E-state index contributed by atoms with van der Waals surface area (Å²) in [6.07, 6.45) is 5.03. The molecule has 1 fully saturated rings. The Bertz CT molecular complexity index is 1400. The maximum atomic E-state index is 13.1. The van der Waals surface area contributed by atoms with Crippen LogP contribution in [0.1, 0.15) is 18.4 Å². The molecular formula is C24H20N4O4. The number of anilines is 1. The Labute approximate surface area is 183 Å². The van der Waals surface area contributed by atoms with Gasteiger partial charge in [0.15, 0.2) is 11.5 Å². The molecular weight excluding hydrogens is 408 g/mol. The molecule has 2 aromatic carbocycles. The van der Waals surface area contributed by atoms with E-state index in [1.54, 1.807) is 27.5 Å². The first-order valence-corrected chi connectivity index (χ1v) is 10.5. The number of hydrogen-bond acceptors (Lipinski definition) is 5. The highest BCUT2D eigenvalue weighted by atomic mass is 16.7. The first-order chi connectivity index (χ1) is 15.7. The van der Waals surface area contributed by atoms with E-state index in [2.05, 4.69) is 5.10 Å². The fraction of sp³-hybridized carbons (Fsp3) is 0.208. The van der Waals surface area contributed by atoms with Crippen molar-refractivity contribution in [3.63, 3.8) is 0 Å². The van der Waals surface area contributed by atoms with E-state index in [9.17, 15) is 9.59 Å². The van der Waals surface area contributed by atoms with Crippen LogP contribution in [-0.4, -0.2) is 33.4 Å². The fourth-order valence-corrected chi connectivity index (χ4v) is 4.25. The number of fused-ring (bicyclic) bond motifs is 2. The van der Waals surface area contributed by atoms with Crippen molar-refractivity contribution >= 4 is 17.1 Å². The summed E-state index contributed by atoms with van der Waals surface area (Å²) in [5.74, 6) is 1.55. The topological polar surface area (TPSA) is 78.1 Å². The second-order valence-corrected chi connectivity index (χ2v) is 7.97. The zero-order chi connectivity index (χ0) is 21.7. The maximum Gasteiger partial charge on any atom is 0.276 e. The summed E-state index contributed by atoms with van der Waals surface area (Å²) in [7, 11) is 0. The van der Waals surface area contributed by atoms with E-state index in [-0.39, 0.29) is 18.3 Å². The van der Waals surface area contributed by atoms with Gasteiger partial charge >= 0.3 is 0 Å². The van der Waals surface area contributed by atoms with Crippen LogP contribution >= 0.6 is 0 Å². The third-order valence-electron chi connectivity index (χ3n) is 5.95. The van der Waals surface area contributed by atoms with Crippen LogP contribution in [0.15, 0.2) is 65.7 Å². The Hall–Kier alpha value is -4.07. The number of carbonyl (C=O) groups is 1. The van der Waals surface area contributed by atoms with Crippen LogP contribution in [0.25, 0.3) is 16.8 Å². The highest BCUT2D eigenvalue weighted by molar-refractivity contribution is 5.95. The number of hydrogen-bond donors (Lipinski definition) is 0. The van der Waals surface area contributed by atoms with E-state index in [1.807, 2.05) is 47.4 Å². The summed E-state index contributed by atoms with van der Waals surface area (Å²) < 4.78 is 14.1. The van der Waals surface area contributed by atoms with Crippen LogP contribution in [0, 0.1) is 0 Å². The number of carbonyl (C=O) groups excluding carboxylic acids is 1. The predicted molar refractivity (Wildman–Crippen MR) is 118 cm³/mol. The first kappa shape index (κ1) is 18.7. The molecule has 6 rings (SSSR count). The van der Waals surface area contributed by atoms with E-state index >= 15 is 0 Å². The summed E-state index contributed by atoms with van der Waals surface area (Å²) >= 11 is 0. The molecule has 2 aliphatic rings. The summed E-state index contributed by atoms with van der Waals surface area (Å²) in [6, 6.07) is 15.2. The molecule has 0 unspecified atom stereocenters. The van der Waals surface area contributed by atoms with E-state index in [0.717, 1.165) is 29.8 Å². The van der Waals surface area contributed by atoms with Gasteiger partial charge in [-0.05, 0) is 48.4 Å². The average molecular weight is 428 g/mol. The van der Waals surface area contributed by atoms with Crippen LogP contribution < -0.4 is 19.9 Å². The zero-order valence-electron chi connectivity index (χ0n) is 17.2. The molecule has 0 bridgehead atoms. The SMILES string of the molecule is O=C1CCCN1c1ccc(Cn2ccn3nc(-c4ccc5c(c4)OCO5)cc3c2=O)cc1. The highest BCUT2D eigenvalue weighted by Gasteiger charge is 2.21. The third-order valence-corrected chi connectivity index (χ3v) is 5.95. The Balaban J connectivity index is 1.28. The first-order valence-electron chi connectivity index (χ1n) is 10.5. The number of benzene rings is 2. The zero-order valence-corrected chi connectivity index (χ0v) is 17.2. The van der Waals surface area contributed by atoms with E-state index in [4.69, 9.17) is 9.47 Å². The van der Waals surface area contributed by atoms with Gasteiger partial charge in [-0.3, -0.25) is 9.59 Å². The van der Waals surface area contributed by atoms with Gasteiger partial charge in [0, 0.05) is 36.6 Å². The van der Waals surface area contributed by atoms with Gasteiger partial charge in [0.25, 0.3) is 5.56 Å². The van der Waals surface area contributed by atoms with Crippen molar-refractivity contribution in [3.05, 3.63) is 76.8 Å². The van der Waals surface area contributed by atoms with Gasteiger partial charge < -0.3 is 18.9 Å². The third kappa shape index (κ3) is 3.11. The number of nitrogens with zero attached hydrogens (tertiary/aromatic N) is 4. The van der Waals surface area contributed by atoms with Crippen molar-refractivity contribution in [1.29, 1.82) is 0 Å². The van der Waals surface area contributed by atoms with Gasteiger partial charge in [0.05, 0.1) is 12.2 Å². The molecule has 2 aliphatic heterocycles. The molecule has 160 valence electrons. The standard InChI is InChI=1S/C24H20N4O4/c29-23-2-1-9-27(23)18-6-3-16(4-7-18)14-26-10-11-28-20(24(26)30)13-19(25-28)17-5-8-21-22(12-17)32-15-31-21/h3-8,10-13H,1-2,9,14-15H2. The quantitative estimate of drug-likeness (QED) is 0.499. The van der Waals surface area contributed by atoms with Gasteiger partial charge in [-0.15, -0.1) is 0 Å². The molecule has 0 N–H and O–H groups in total. The maximum absolute atomic E-state index is 13.1. The molecule has 1 saturated heterocycles. The minimum absolute atomic E-state index is 0.120. The van der Waals surface area contributed by atoms with Crippen molar-refractivity contribution in [3.8, 4) is 22.8 Å². The number of ether oxygens (including phenoxy) is 2. The fourth-order valence-electron chi connectivity index (χ4n) is 4.25. The molecule has 8 nitrogen and oxygen atoms in total. The molecule has 0 aliphatic carbocycles. The van der Waals surface area contributed by atoms with Crippen LogP contribution in [0.3, 0.4) is 0 Å². The largest absolute Gasteiger partial charge is 0.454 e. The lowest BCUT2D eigenvalue weighted by molar-refractivity contribution is -0.117. The minimum atomic E-state index is -0.120. The molecule has 0 saturated carbocycles. The number of amides is 1. The molecule has 0 radical (unpaired) electrons. The van der Waals surface area contributed by atoms with Crippen molar-refractivity contribution < 1.29 is 14.3 Å². The number of aromatic nitrogens is 3. The van der Waals surface area contributed by atoms with Crippen molar-refractivity contribution in [2.75, 3.05) is 18.2 Å². The van der Waals surface area contributed by atoms with E-state index < -0.39 is 0 Å². The average Bonchev–Trinajstić information content (AvgIpc) is 3.55. The second-order valence-electron chi connectivity index (χ2n) is 7.97. The van der Waals surface area contributed by atoms with Gasteiger partial charge in [0.2, 0.25) is 12.7 Å². The summed E-state index contributed by atoms with van der Waals surface area (Å²) in [4.78, 5) is 26.8. The Morgan fingerprint density at radius 2 is 1.78 bits per heavy atom. The second kappa shape index (κ2) is 7.26. The van der Waals surface area contributed by atoms with Gasteiger partial charge in [-0.2, -0.15) is 5.10 Å². The molecule has 0 atom stereocenters. The highest BCUT2D eigenvalue weighted by Crippen LogP contribution is 2.35. The Kier molecular flexibility index (Phi) is 4.24. The molecule has 0 spiro atoms. The number of rotatable bonds is 4. The minimum Gasteiger partial charge on any atom is -0.454 e. The lowest BCUT2D eigenvalue weighted by Crippen LogP contribution is -2.24. The lowest BCUT2D eigenvalue weighted by Gasteiger charge is -2.16. The van der Waals surface area contributed by atoms with Gasteiger partial charge in [-0.25, -0.2) is 4.52 Å². The molecule has 1 amide bonds. The molecule has 4 aromatic rings. The summed E-state index contributed by atoms with van der Waals surface area (Å²) in [6.45, 7) is 1.42. The van der Waals surface area contributed by atoms with Crippen molar-refractivity contribution in [2.45, 2.75) is 19.4 Å². The summed E-state index contributed by atoms with van der Waals surface area (Å²) in [5.41, 5.74) is 3.82. The summed E-state index contributed by atoms with van der Waals surface area (Å²) in [5, 5.41) is 4.55. The monoisotopic (exact) mass is 428 g/mol. The molecule has 4 heterocycles. The van der Waals surface area contributed by atoms with Crippen LogP contribution in [0.2, 0.25) is 0 Å². The molecule has 8 heteroatoms. The Morgan fingerprint density at radius 3 is 2.59 bits per heavy atom. The smallest absolute Gasteiger partial charge is 0.276 e. The predicted octanol–water partition coefficient (Wildman–Crippen LogP) is 3.07. The van der Waals surface area contributed by atoms with Gasteiger partial charge in [0.1, 0.15) is 5.52 Å². The van der Waals surface area contributed by atoms with E-state index in [1.165, 1.54) is 0 Å². The van der Waals surface area contributed by atoms with Crippen molar-refractivity contribution in [2.24, 2.45) is 0 Å². The Morgan fingerprint density at radius 1 is 0.938 bits per heavy atom. The van der Waals surface area contributed by atoms with Crippen LogP contribution in [0.5, 0.6) is 11.5 Å². The van der Waals surface area contributed by atoms with Crippen LogP contribution in [0.4, 0.5) is 5.69 Å².